The number of para-hydroxylation sites is 1. The van der Waals surface area contributed by atoms with Crippen LogP contribution in [-0.2, 0) is 25.0 Å². The number of hydrogen-bond acceptors (Lipinski definition) is 4. The molecule has 176 valence electrons. The summed E-state index contributed by atoms with van der Waals surface area (Å²) in [6.45, 7) is 8.38. The maximum atomic E-state index is 13.3. The van der Waals surface area contributed by atoms with E-state index in [0.29, 0.717) is 35.9 Å². The van der Waals surface area contributed by atoms with Crippen molar-refractivity contribution in [3.05, 3.63) is 53.6 Å². The van der Waals surface area contributed by atoms with Gasteiger partial charge in [-0.25, -0.2) is 8.42 Å². The van der Waals surface area contributed by atoms with Crippen LogP contribution in [0.15, 0.2) is 47.4 Å². The molecule has 1 saturated heterocycles. The number of carbonyl (C=O) groups excluding carboxylic acids is 2. The Hall–Kier alpha value is -2.71. The number of carbonyl (C=O) groups is 2. The van der Waals surface area contributed by atoms with Gasteiger partial charge in [0.1, 0.15) is 6.54 Å². The first-order valence-electron chi connectivity index (χ1n) is 11.3. The van der Waals surface area contributed by atoms with Crippen LogP contribution in [0.4, 0.5) is 11.4 Å². The van der Waals surface area contributed by atoms with E-state index in [2.05, 4.69) is 12.2 Å². The maximum Gasteiger partial charge on any atom is 0.244 e. The number of anilines is 2. The molecule has 2 heterocycles. The molecule has 0 aromatic heterocycles. The molecule has 0 bridgehead atoms. The van der Waals surface area contributed by atoms with E-state index in [1.165, 1.54) is 4.90 Å². The first-order chi connectivity index (χ1) is 15.5. The van der Waals surface area contributed by atoms with E-state index in [4.69, 9.17) is 0 Å². The van der Waals surface area contributed by atoms with Crippen molar-refractivity contribution in [3.63, 3.8) is 0 Å². The number of nitrogens with one attached hydrogen (secondary N) is 1. The van der Waals surface area contributed by atoms with E-state index >= 15 is 0 Å². The van der Waals surface area contributed by atoms with Gasteiger partial charge in [-0.2, -0.15) is 4.31 Å². The molecular weight excluding hydrogens is 438 g/mol. The molecule has 0 saturated carbocycles. The van der Waals surface area contributed by atoms with Crippen molar-refractivity contribution >= 4 is 33.2 Å². The molecule has 1 fully saturated rings. The molecule has 2 aromatic carbocycles. The Kier molecular flexibility index (Phi) is 6.09. The topological polar surface area (TPSA) is 86.8 Å². The molecule has 33 heavy (non-hydrogen) atoms. The van der Waals surface area contributed by atoms with Crippen LogP contribution in [-0.4, -0.2) is 44.2 Å². The van der Waals surface area contributed by atoms with Crippen molar-refractivity contribution in [2.24, 2.45) is 5.92 Å². The summed E-state index contributed by atoms with van der Waals surface area (Å²) in [7, 11) is -3.65. The Morgan fingerprint density at radius 3 is 2.61 bits per heavy atom. The van der Waals surface area contributed by atoms with Gasteiger partial charge in [-0.1, -0.05) is 25.1 Å². The second kappa shape index (κ2) is 8.57. The SMILES string of the molecule is Cc1ccccc1NC(=O)CN1C(=O)C(C)(C)c2cc(S(=O)(=O)N3CCC[C@@H](C)C3)ccc21. The first-order valence-corrected chi connectivity index (χ1v) is 12.8. The zero-order chi connectivity index (χ0) is 24.0. The lowest BCUT2D eigenvalue weighted by molar-refractivity contribution is -0.124. The number of benzene rings is 2. The fourth-order valence-electron chi connectivity index (χ4n) is 4.69. The van der Waals surface area contributed by atoms with Gasteiger partial charge in [0.15, 0.2) is 0 Å². The van der Waals surface area contributed by atoms with Crippen molar-refractivity contribution < 1.29 is 18.0 Å². The van der Waals surface area contributed by atoms with E-state index in [1.54, 1.807) is 36.4 Å². The number of hydrogen-bond donors (Lipinski definition) is 1. The fraction of sp³-hybridized carbons (Fsp3) is 0.440. The number of nitrogens with zero attached hydrogens (tertiary/aromatic N) is 2. The van der Waals surface area contributed by atoms with Crippen molar-refractivity contribution in [3.8, 4) is 0 Å². The molecule has 1 N–H and O–H groups in total. The van der Waals surface area contributed by atoms with Gasteiger partial charge in [-0.15, -0.1) is 0 Å². The van der Waals surface area contributed by atoms with Gasteiger partial charge < -0.3 is 10.2 Å². The summed E-state index contributed by atoms with van der Waals surface area (Å²) >= 11 is 0. The molecular formula is C25H31N3O4S. The van der Waals surface area contributed by atoms with Gasteiger partial charge in [0.05, 0.1) is 10.3 Å². The summed E-state index contributed by atoms with van der Waals surface area (Å²) in [5.41, 5.74) is 1.91. The number of amides is 2. The van der Waals surface area contributed by atoms with Crippen LogP contribution < -0.4 is 10.2 Å². The second-order valence-electron chi connectivity index (χ2n) is 9.67. The summed E-state index contributed by atoms with van der Waals surface area (Å²) in [4.78, 5) is 27.6. The first kappa shape index (κ1) is 23.4. The van der Waals surface area contributed by atoms with E-state index in [-0.39, 0.29) is 23.3 Å². The van der Waals surface area contributed by atoms with Crippen LogP contribution in [0.1, 0.15) is 44.7 Å². The molecule has 0 spiro atoms. The fourth-order valence-corrected chi connectivity index (χ4v) is 6.32. The molecule has 2 aliphatic heterocycles. The molecule has 0 radical (unpaired) electrons. The van der Waals surface area contributed by atoms with Crippen molar-refractivity contribution in [2.45, 2.75) is 50.8 Å². The highest BCUT2D eigenvalue weighted by Crippen LogP contribution is 2.43. The van der Waals surface area contributed by atoms with Gasteiger partial charge in [-0.3, -0.25) is 9.59 Å². The minimum Gasteiger partial charge on any atom is -0.324 e. The van der Waals surface area contributed by atoms with Gasteiger partial charge in [0.25, 0.3) is 0 Å². The van der Waals surface area contributed by atoms with Gasteiger partial charge in [0.2, 0.25) is 21.8 Å². The van der Waals surface area contributed by atoms with Crippen LogP contribution in [0.25, 0.3) is 0 Å². The quantitative estimate of drug-likeness (QED) is 0.724. The minimum absolute atomic E-state index is 0.140. The van der Waals surface area contributed by atoms with E-state index in [1.807, 2.05) is 31.2 Å². The second-order valence-corrected chi connectivity index (χ2v) is 11.6. The molecule has 1 atom stereocenters. The third kappa shape index (κ3) is 4.29. The summed E-state index contributed by atoms with van der Waals surface area (Å²) in [6, 6.07) is 12.3. The molecule has 2 aromatic rings. The summed E-state index contributed by atoms with van der Waals surface area (Å²) < 4.78 is 28.1. The van der Waals surface area contributed by atoms with Gasteiger partial charge in [-0.05, 0) is 74.9 Å². The van der Waals surface area contributed by atoms with Gasteiger partial charge in [0, 0.05) is 24.5 Å². The average Bonchev–Trinajstić information content (AvgIpc) is 2.95. The lowest BCUT2D eigenvalue weighted by atomic mass is 9.86. The number of piperidine rings is 1. The van der Waals surface area contributed by atoms with Crippen LogP contribution >= 0.6 is 0 Å². The Balaban J connectivity index is 1.61. The van der Waals surface area contributed by atoms with Crippen molar-refractivity contribution in [1.29, 1.82) is 0 Å². The monoisotopic (exact) mass is 469 g/mol. The molecule has 2 aliphatic rings. The third-order valence-corrected chi connectivity index (χ3v) is 8.55. The molecule has 8 heteroatoms. The summed E-state index contributed by atoms with van der Waals surface area (Å²) in [5.74, 6) is -0.206. The standard InChI is InChI=1S/C25H31N3O4S/c1-17-8-7-13-27(15-17)33(31,32)19-11-12-22-20(14-19)25(3,4)24(30)28(22)16-23(29)26-21-10-6-5-9-18(21)2/h5-6,9-12,14,17H,7-8,13,15-16H2,1-4H3,(H,26,29)/t17-/m1/s1. The van der Waals surface area contributed by atoms with Crippen molar-refractivity contribution in [2.75, 3.05) is 29.9 Å². The Labute approximate surface area is 195 Å². The highest BCUT2D eigenvalue weighted by Gasteiger charge is 2.45. The molecule has 2 amide bonds. The Bertz CT molecular complexity index is 1210. The largest absolute Gasteiger partial charge is 0.324 e. The summed E-state index contributed by atoms with van der Waals surface area (Å²) in [6.07, 6.45) is 1.87. The predicted octanol–water partition coefficient (Wildman–Crippen LogP) is 3.68. The van der Waals surface area contributed by atoms with E-state index in [9.17, 15) is 18.0 Å². The Morgan fingerprint density at radius 1 is 1.18 bits per heavy atom. The van der Waals surface area contributed by atoms with Crippen LogP contribution in [0.5, 0.6) is 0 Å². The maximum absolute atomic E-state index is 13.3. The number of rotatable bonds is 5. The zero-order valence-corrected chi connectivity index (χ0v) is 20.4. The van der Waals surface area contributed by atoms with Crippen LogP contribution in [0, 0.1) is 12.8 Å². The smallest absolute Gasteiger partial charge is 0.244 e. The van der Waals surface area contributed by atoms with E-state index in [0.717, 1.165) is 18.4 Å². The highest BCUT2D eigenvalue weighted by atomic mass is 32.2. The highest BCUT2D eigenvalue weighted by molar-refractivity contribution is 7.89. The van der Waals surface area contributed by atoms with E-state index < -0.39 is 15.4 Å². The van der Waals surface area contributed by atoms with Gasteiger partial charge >= 0.3 is 0 Å². The number of aryl methyl sites for hydroxylation is 1. The Morgan fingerprint density at radius 2 is 1.91 bits per heavy atom. The third-order valence-electron chi connectivity index (χ3n) is 6.69. The molecule has 4 rings (SSSR count). The van der Waals surface area contributed by atoms with Crippen LogP contribution in [0.3, 0.4) is 0 Å². The average molecular weight is 470 g/mol. The predicted molar refractivity (Wildman–Crippen MR) is 129 cm³/mol. The van der Waals surface area contributed by atoms with Crippen molar-refractivity contribution in [1.82, 2.24) is 4.31 Å². The molecule has 7 nitrogen and oxygen atoms in total. The number of fused-ring (bicyclic) bond motifs is 1. The minimum atomic E-state index is -3.65. The molecule has 0 aliphatic carbocycles. The zero-order valence-electron chi connectivity index (χ0n) is 19.6. The summed E-state index contributed by atoms with van der Waals surface area (Å²) in [5, 5.41) is 2.86. The number of sulfonamides is 1. The lowest BCUT2D eigenvalue weighted by Crippen LogP contribution is -2.40. The van der Waals surface area contributed by atoms with Crippen LogP contribution in [0.2, 0.25) is 0 Å². The molecule has 0 unspecified atom stereocenters. The lowest BCUT2D eigenvalue weighted by Gasteiger charge is -2.30. The normalized spacial score (nSPS) is 20.5.